The maximum absolute atomic E-state index is 5.64. The number of nitrogens with one attached hydrogen (secondary N) is 1. The van der Waals surface area contributed by atoms with Crippen molar-refractivity contribution in [2.75, 3.05) is 0 Å². The van der Waals surface area contributed by atoms with Crippen LogP contribution in [0.4, 0.5) is 0 Å². The van der Waals surface area contributed by atoms with E-state index in [0.29, 0.717) is 12.4 Å². The van der Waals surface area contributed by atoms with E-state index in [2.05, 4.69) is 31.1 Å². The third kappa shape index (κ3) is 3.20. The molecule has 0 fully saturated rings. The lowest BCUT2D eigenvalue weighted by Gasteiger charge is -2.18. The van der Waals surface area contributed by atoms with Gasteiger partial charge in [0.05, 0.1) is 18.3 Å². The molecule has 2 rings (SSSR count). The van der Waals surface area contributed by atoms with E-state index in [1.165, 1.54) is 0 Å². The van der Waals surface area contributed by atoms with Crippen molar-refractivity contribution in [3.05, 3.63) is 30.2 Å². The fourth-order valence-electron chi connectivity index (χ4n) is 1.44. The molecule has 92 valence electrons. The van der Waals surface area contributed by atoms with Crippen LogP contribution in [0.1, 0.15) is 32.4 Å². The summed E-state index contributed by atoms with van der Waals surface area (Å²) in [4.78, 5) is 4.23. The van der Waals surface area contributed by atoms with Gasteiger partial charge in [-0.25, -0.2) is 4.98 Å². The first kappa shape index (κ1) is 11.9. The minimum Gasteiger partial charge on any atom is -0.469 e. The first-order chi connectivity index (χ1) is 7.94. The van der Waals surface area contributed by atoms with Crippen LogP contribution in [0, 0.1) is 6.92 Å². The number of aryl methyl sites for hydroxylation is 1. The monoisotopic (exact) mass is 234 g/mol. The van der Waals surface area contributed by atoms with Gasteiger partial charge in [0, 0.05) is 5.54 Å². The van der Waals surface area contributed by atoms with Gasteiger partial charge in [0.2, 0.25) is 5.89 Å². The minimum atomic E-state index is 0.0564. The van der Waals surface area contributed by atoms with E-state index in [1.54, 1.807) is 12.5 Å². The Morgan fingerprint density at radius 2 is 2.12 bits per heavy atom. The lowest BCUT2D eigenvalue weighted by Crippen LogP contribution is -2.35. The molecule has 2 aromatic heterocycles. The van der Waals surface area contributed by atoms with Gasteiger partial charge in [-0.15, -0.1) is 0 Å². The summed E-state index contributed by atoms with van der Waals surface area (Å²) in [6.45, 7) is 8.85. The number of rotatable bonds is 3. The standard InChI is InChI=1S/C13H18N2O2/c1-9-5-10(8-16-9)11-6-14-12(17-11)7-15-13(2,3)4/h5-6,8,15H,7H2,1-4H3. The molecule has 0 radical (unpaired) electrons. The summed E-state index contributed by atoms with van der Waals surface area (Å²) in [6, 6.07) is 1.93. The minimum absolute atomic E-state index is 0.0564. The lowest BCUT2D eigenvalue weighted by atomic mass is 10.1. The Morgan fingerprint density at radius 3 is 2.71 bits per heavy atom. The van der Waals surface area contributed by atoms with Gasteiger partial charge in [-0.1, -0.05) is 0 Å². The zero-order valence-corrected chi connectivity index (χ0v) is 10.7. The van der Waals surface area contributed by atoms with Crippen LogP contribution in [0.15, 0.2) is 27.4 Å². The van der Waals surface area contributed by atoms with E-state index in [4.69, 9.17) is 8.83 Å². The van der Waals surface area contributed by atoms with Crippen molar-refractivity contribution in [3.63, 3.8) is 0 Å². The van der Waals surface area contributed by atoms with Crippen LogP contribution in [0.3, 0.4) is 0 Å². The van der Waals surface area contributed by atoms with Gasteiger partial charge in [0.25, 0.3) is 0 Å². The number of hydrogen-bond donors (Lipinski definition) is 1. The van der Waals surface area contributed by atoms with Gasteiger partial charge >= 0.3 is 0 Å². The molecule has 4 heteroatoms. The SMILES string of the molecule is Cc1cc(-c2cnc(CNC(C)(C)C)o2)co1. The first-order valence-electron chi connectivity index (χ1n) is 5.69. The van der Waals surface area contributed by atoms with Crippen LogP contribution in [-0.2, 0) is 6.54 Å². The van der Waals surface area contributed by atoms with Crippen LogP contribution in [0.5, 0.6) is 0 Å². The molecule has 0 aliphatic rings. The zero-order chi connectivity index (χ0) is 12.5. The molecule has 4 nitrogen and oxygen atoms in total. The van der Waals surface area contributed by atoms with E-state index in [-0.39, 0.29) is 5.54 Å². The van der Waals surface area contributed by atoms with Crippen LogP contribution < -0.4 is 5.32 Å². The lowest BCUT2D eigenvalue weighted by molar-refractivity contribution is 0.383. The van der Waals surface area contributed by atoms with Crippen LogP contribution in [0.25, 0.3) is 11.3 Å². The number of oxazole rings is 1. The molecule has 2 aromatic rings. The van der Waals surface area contributed by atoms with Crippen molar-refractivity contribution in [1.82, 2.24) is 10.3 Å². The molecule has 0 aliphatic heterocycles. The molecule has 0 unspecified atom stereocenters. The Balaban J connectivity index is 2.06. The maximum Gasteiger partial charge on any atom is 0.208 e. The maximum atomic E-state index is 5.64. The highest BCUT2D eigenvalue weighted by Crippen LogP contribution is 2.22. The van der Waals surface area contributed by atoms with Gasteiger partial charge in [-0.05, 0) is 33.8 Å². The highest BCUT2D eigenvalue weighted by Gasteiger charge is 2.12. The molecular weight excluding hydrogens is 216 g/mol. The highest BCUT2D eigenvalue weighted by molar-refractivity contribution is 5.55. The Kier molecular flexibility index (Phi) is 3.07. The van der Waals surface area contributed by atoms with Crippen LogP contribution in [-0.4, -0.2) is 10.5 Å². The fourth-order valence-corrected chi connectivity index (χ4v) is 1.44. The van der Waals surface area contributed by atoms with Crippen LogP contribution in [0.2, 0.25) is 0 Å². The molecule has 0 bridgehead atoms. The smallest absolute Gasteiger partial charge is 0.208 e. The predicted molar refractivity (Wildman–Crippen MR) is 65.5 cm³/mol. The summed E-state index contributed by atoms with van der Waals surface area (Å²) in [5.74, 6) is 2.30. The zero-order valence-electron chi connectivity index (χ0n) is 10.7. The Labute approximate surface area is 101 Å². The largest absolute Gasteiger partial charge is 0.469 e. The topological polar surface area (TPSA) is 51.2 Å². The number of furan rings is 1. The fraction of sp³-hybridized carbons (Fsp3) is 0.462. The summed E-state index contributed by atoms with van der Waals surface area (Å²) in [7, 11) is 0. The van der Waals surface area contributed by atoms with Gasteiger partial charge in [0.1, 0.15) is 12.0 Å². The van der Waals surface area contributed by atoms with Gasteiger partial charge in [-0.2, -0.15) is 0 Å². The summed E-state index contributed by atoms with van der Waals surface area (Å²) in [5.41, 5.74) is 0.984. The summed E-state index contributed by atoms with van der Waals surface area (Å²) >= 11 is 0. The number of hydrogen-bond acceptors (Lipinski definition) is 4. The molecule has 1 N–H and O–H groups in total. The van der Waals surface area contributed by atoms with Crippen molar-refractivity contribution in [3.8, 4) is 11.3 Å². The molecular formula is C13H18N2O2. The molecule has 2 heterocycles. The number of aromatic nitrogens is 1. The molecule has 0 saturated carbocycles. The third-order valence-corrected chi connectivity index (χ3v) is 2.34. The van der Waals surface area contributed by atoms with E-state index >= 15 is 0 Å². The van der Waals surface area contributed by atoms with Crippen LogP contribution >= 0.6 is 0 Å². The second-order valence-corrected chi connectivity index (χ2v) is 5.17. The van der Waals surface area contributed by atoms with Crippen molar-refractivity contribution >= 4 is 0 Å². The van der Waals surface area contributed by atoms with Crippen molar-refractivity contribution in [1.29, 1.82) is 0 Å². The van der Waals surface area contributed by atoms with E-state index in [9.17, 15) is 0 Å². The Hall–Kier alpha value is -1.55. The van der Waals surface area contributed by atoms with E-state index in [0.717, 1.165) is 17.1 Å². The van der Waals surface area contributed by atoms with E-state index < -0.39 is 0 Å². The van der Waals surface area contributed by atoms with Crippen molar-refractivity contribution in [2.24, 2.45) is 0 Å². The average molecular weight is 234 g/mol. The van der Waals surface area contributed by atoms with Gasteiger partial charge in [-0.3, -0.25) is 0 Å². The second kappa shape index (κ2) is 4.37. The van der Waals surface area contributed by atoms with Gasteiger partial charge in [0.15, 0.2) is 5.76 Å². The first-order valence-corrected chi connectivity index (χ1v) is 5.69. The third-order valence-electron chi connectivity index (χ3n) is 2.34. The molecule has 0 spiro atoms. The normalized spacial score (nSPS) is 12.0. The summed E-state index contributed by atoms with van der Waals surface area (Å²) in [6.07, 6.45) is 3.40. The molecule has 17 heavy (non-hydrogen) atoms. The summed E-state index contributed by atoms with van der Waals surface area (Å²) < 4.78 is 10.9. The molecule has 0 aliphatic carbocycles. The molecule has 0 aromatic carbocycles. The quantitative estimate of drug-likeness (QED) is 0.886. The predicted octanol–water partition coefficient (Wildman–Crippen LogP) is 3.13. The molecule has 0 amide bonds. The van der Waals surface area contributed by atoms with Gasteiger partial charge < -0.3 is 14.2 Å². The molecule has 0 atom stereocenters. The average Bonchev–Trinajstić information content (AvgIpc) is 2.81. The Bertz CT molecular complexity index is 491. The molecule has 0 saturated heterocycles. The number of nitrogens with zero attached hydrogens (tertiary/aromatic N) is 1. The van der Waals surface area contributed by atoms with E-state index in [1.807, 2.05) is 13.0 Å². The second-order valence-electron chi connectivity index (χ2n) is 5.17. The highest BCUT2D eigenvalue weighted by atomic mass is 16.4. The summed E-state index contributed by atoms with van der Waals surface area (Å²) in [5, 5.41) is 3.33. The van der Waals surface area contributed by atoms with Crippen molar-refractivity contribution in [2.45, 2.75) is 39.8 Å². The Morgan fingerprint density at radius 1 is 1.35 bits per heavy atom. The van der Waals surface area contributed by atoms with Crippen molar-refractivity contribution < 1.29 is 8.83 Å².